The van der Waals surface area contributed by atoms with Crippen molar-refractivity contribution in [1.82, 2.24) is 4.98 Å². The van der Waals surface area contributed by atoms with Gasteiger partial charge >= 0.3 is 0 Å². The van der Waals surface area contributed by atoms with Crippen molar-refractivity contribution in [2.75, 3.05) is 30.0 Å². The van der Waals surface area contributed by atoms with Crippen LogP contribution in [0.25, 0.3) is 33.6 Å². The van der Waals surface area contributed by atoms with E-state index in [2.05, 4.69) is 31.1 Å². The quantitative estimate of drug-likeness (QED) is 0.207. The zero-order valence-electron chi connectivity index (χ0n) is 25.8. The summed E-state index contributed by atoms with van der Waals surface area (Å²) >= 11 is 3.82. The van der Waals surface area contributed by atoms with Crippen molar-refractivity contribution < 1.29 is 13.5 Å². The van der Waals surface area contributed by atoms with Crippen molar-refractivity contribution in [3.05, 3.63) is 66.6 Å². The molecular weight excluding hydrogens is 552 g/mol. The van der Waals surface area contributed by atoms with Crippen molar-refractivity contribution in [3.63, 3.8) is 0 Å². The first kappa shape index (κ1) is 34.6. The molecule has 2 aromatic carbocycles. The van der Waals surface area contributed by atoms with Crippen LogP contribution in [0, 0.1) is 5.82 Å². The zero-order valence-corrected chi connectivity index (χ0v) is 27.4. The maximum Gasteiger partial charge on any atom is 0.229 e. The average molecular weight is 599 g/mol. The fraction of sp³-hybridized carbons (Fsp3) is 0.441. The fourth-order valence-corrected chi connectivity index (χ4v) is 6.59. The summed E-state index contributed by atoms with van der Waals surface area (Å²) in [6, 6.07) is 17.8. The molecule has 1 N–H and O–H groups in total. The van der Waals surface area contributed by atoms with Gasteiger partial charge in [0.15, 0.2) is 5.82 Å². The molecule has 3 heterocycles. The van der Waals surface area contributed by atoms with Gasteiger partial charge in [-0.1, -0.05) is 91.6 Å². The minimum Gasteiger partial charge on any atom is -0.494 e. The third kappa shape index (κ3) is 9.71. The van der Waals surface area contributed by atoms with Gasteiger partial charge in [0.05, 0.1) is 28.5 Å². The molecule has 0 spiro atoms. The van der Waals surface area contributed by atoms with Gasteiger partial charge < -0.3 is 14.5 Å². The van der Waals surface area contributed by atoms with E-state index in [1.165, 1.54) is 19.0 Å². The Morgan fingerprint density at radius 2 is 1.51 bits per heavy atom. The zero-order chi connectivity index (χ0) is 30.0. The number of benzene rings is 2. The van der Waals surface area contributed by atoms with Gasteiger partial charge in [-0.25, -0.2) is 9.37 Å². The summed E-state index contributed by atoms with van der Waals surface area (Å²) in [6.07, 6.45) is 4.83. The predicted octanol–water partition coefficient (Wildman–Crippen LogP) is 11.2. The molecule has 1 aliphatic rings. The van der Waals surface area contributed by atoms with E-state index in [1.54, 1.807) is 0 Å². The Balaban J connectivity index is 0.000000666. The van der Waals surface area contributed by atoms with Crippen LogP contribution in [0.1, 0.15) is 67.7 Å². The van der Waals surface area contributed by atoms with Gasteiger partial charge in [-0.2, -0.15) is 0 Å². The minimum absolute atomic E-state index is 0.372. The van der Waals surface area contributed by atoms with Crippen molar-refractivity contribution in [1.29, 1.82) is 0 Å². The molecule has 0 saturated carbocycles. The molecule has 0 bridgehead atoms. The number of fused-ring (bicyclic) bond motifs is 1. The number of halogens is 1. The number of ether oxygens (including phenoxy) is 1. The Hall–Kier alpha value is -2.64. The van der Waals surface area contributed by atoms with E-state index in [0.717, 1.165) is 40.4 Å². The van der Waals surface area contributed by atoms with Gasteiger partial charge in [0.2, 0.25) is 5.71 Å². The van der Waals surface area contributed by atoms with Gasteiger partial charge in [0.25, 0.3) is 0 Å². The first-order valence-corrected chi connectivity index (χ1v) is 17.1. The van der Waals surface area contributed by atoms with Crippen LogP contribution in [-0.2, 0) is 0 Å². The second-order valence-corrected chi connectivity index (χ2v) is 11.7. The van der Waals surface area contributed by atoms with Crippen molar-refractivity contribution in [2.24, 2.45) is 0 Å². The highest BCUT2D eigenvalue weighted by atomic mass is 32.2. The molecule has 1 fully saturated rings. The molecule has 0 aliphatic carbocycles. The second kappa shape index (κ2) is 19.5. The molecule has 0 atom stereocenters. The standard InChI is InChI=1S/C26H25FN2O2S2.C4H10.2C2H6/c1-2-12-30-19-10-8-18(9-11-19)25-22(17-6-4-3-5-7-17)23-24(20(27)15-29-26(23)31-25)28-16-21-32-13-14-33-21;1-3-4-2;2*1-2/h3-11,15,21H,2,12-14,16H2,1H3,(H,28,29);3-4H2,1-2H3;2*1-2H3. The summed E-state index contributed by atoms with van der Waals surface area (Å²) in [5, 5.41) is 4.04. The molecule has 224 valence electrons. The van der Waals surface area contributed by atoms with Crippen LogP contribution in [0.3, 0.4) is 0 Å². The number of anilines is 1. The molecule has 0 amide bonds. The summed E-state index contributed by atoms with van der Waals surface area (Å²) in [6.45, 7) is 15.8. The number of hydrogen-bond donors (Lipinski definition) is 1. The highest BCUT2D eigenvalue weighted by molar-refractivity contribution is 8.20. The van der Waals surface area contributed by atoms with Gasteiger partial charge in [0.1, 0.15) is 11.5 Å². The van der Waals surface area contributed by atoms with Gasteiger partial charge in [-0.15, -0.1) is 23.5 Å². The maximum atomic E-state index is 15.1. The first-order chi connectivity index (χ1) is 20.2. The van der Waals surface area contributed by atoms with E-state index in [0.29, 0.717) is 40.3 Å². The SMILES string of the molecule is CC.CC.CCCC.CCCOc1ccc(-c2oc3ncc(F)c(NCC4SCCS4)c3c2-c2ccccc2)cc1. The van der Waals surface area contributed by atoms with E-state index >= 15 is 4.39 Å². The largest absolute Gasteiger partial charge is 0.494 e. The lowest BCUT2D eigenvalue weighted by Gasteiger charge is -2.13. The van der Waals surface area contributed by atoms with Crippen LogP contribution in [0.15, 0.2) is 65.2 Å². The van der Waals surface area contributed by atoms with Gasteiger partial charge in [0, 0.05) is 29.2 Å². The van der Waals surface area contributed by atoms with Crippen LogP contribution in [-0.4, -0.2) is 34.2 Å². The van der Waals surface area contributed by atoms with Crippen LogP contribution in [0.4, 0.5) is 10.1 Å². The Labute approximate surface area is 255 Å². The van der Waals surface area contributed by atoms with Crippen molar-refractivity contribution >= 4 is 40.3 Å². The average Bonchev–Trinajstić information content (AvgIpc) is 3.71. The highest BCUT2D eigenvalue weighted by Gasteiger charge is 2.24. The predicted molar refractivity (Wildman–Crippen MR) is 181 cm³/mol. The summed E-state index contributed by atoms with van der Waals surface area (Å²) < 4.78 is 27.5. The normalized spacial score (nSPS) is 12.4. The lowest BCUT2D eigenvalue weighted by Crippen LogP contribution is -2.12. The van der Waals surface area contributed by atoms with Crippen LogP contribution >= 0.6 is 23.5 Å². The van der Waals surface area contributed by atoms with Crippen LogP contribution in [0.2, 0.25) is 0 Å². The molecule has 7 heteroatoms. The summed E-state index contributed by atoms with van der Waals surface area (Å²) in [5.41, 5.74) is 3.56. The van der Waals surface area contributed by atoms with E-state index in [9.17, 15) is 0 Å². The Morgan fingerprint density at radius 3 is 2.10 bits per heavy atom. The number of unbranched alkanes of at least 4 members (excludes halogenated alkanes) is 1. The van der Waals surface area contributed by atoms with E-state index in [4.69, 9.17) is 9.15 Å². The number of aromatic nitrogens is 1. The Bertz CT molecular complexity index is 1260. The number of furan rings is 1. The number of nitrogens with zero attached hydrogens (tertiary/aromatic N) is 1. The summed E-state index contributed by atoms with van der Waals surface area (Å²) in [4.78, 5) is 4.29. The third-order valence-electron chi connectivity index (χ3n) is 5.96. The highest BCUT2D eigenvalue weighted by Crippen LogP contribution is 2.44. The molecule has 2 aromatic heterocycles. The monoisotopic (exact) mass is 598 g/mol. The van der Waals surface area contributed by atoms with Crippen LogP contribution in [0.5, 0.6) is 5.75 Å². The molecule has 41 heavy (non-hydrogen) atoms. The van der Waals surface area contributed by atoms with E-state index in [1.807, 2.05) is 106 Å². The number of thioether (sulfide) groups is 2. The minimum atomic E-state index is -0.372. The molecule has 5 rings (SSSR count). The Morgan fingerprint density at radius 1 is 0.878 bits per heavy atom. The first-order valence-electron chi connectivity index (χ1n) is 15.0. The second-order valence-electron chi connectivity index (χ2n) is 8.76. The molecular formula is C34H47FN2O2S2. The summed E-state index contributed by atoms with van der Waals surface area (Å²) in [7, 11) is 0. The number of hydrogen-bond acceptors (Lipinski definition) is 6. The van der Waals surface area contributed by atoms with Crippen molar-refractivity contribution in [3.8, 4) is 28.2 Å². The lowest BCUT2D eigenvalue weighted by atomic mass is 9.98. The van der Waals surface area contributed by atoms with Crippen LogP contribution < -0.4 is 10.1 Å². The smallest absolute Gasteiger partial charge is 0.229 e. The topological polar surface area (TPSA) is 47.3 Å². The molecule has 1 aliphatic heterocycles. The lowest BCUT2D eigenvalue weighted by molar-refractivity contribution is 0.317. The van der Waals surface area contributed by atoms with E-state index in [-0.39, 0.29) is 5.82 Å². The maximum absolute atomic E-state index is 15.1. The van der Waals surface area contributed by atoms with Crippen molar-refractivity contribution in [2.45, 2.75) is 72.3 Å². The molecule has 0 unspecified atom stereocenters. The molecule has 0 radical (unpaired) electrons. The number of rotatable bonds is 9. The van der Waals surface area contributed by atoms with Gasteiger partial charge in [-0.05, 0) is 36.2 Å². The number of pyridine rings is 1. The molecule has 4 nitrogen and oxygen atoms in total. The number of nitrogens with one attached hydrogen (secondary N) is 1. The van der Waals surface area contributed by atoms with Gasteiger partial charge in [-0.3, -0.25) is 0 Å². The Kier molecular flexibility index (Phi) is 16.4. The molecule has 4 aromatic rings. The fourth-order valence-electron chi connectivity index (χ4n) is 3.93. The third-order valence-corrected chi connectivity index (χ3v) is 8.99. The summed E-state index contributed by atoms with van der Waals surface area (Å²) in [5.74, 6) is 3.38. The van der Waals surface area contributed by atoms with E-state index < -0.39 is 0 Å². The molecule has 1 saturated heterocycles.